The Labute approximate surface area is 151 Å². The molecule has 26 heavy (non-hydrogen) atoms. The van der Waals surface area contributed by atoms with E-state index in [-0.39, 0.29) is 23.5 Å². The molecule has 0 radical (unpaired) electrons. The second-order valence-corrected chi connectivity index (χ2v) is 6.60. The molecule has 1 aromatic carbocycles. The average Bonchev–Trinajstić information content (AvgIpc) is 2.59. The van der Waals surface area contributed by atoms with Crippen LogP contribution in [0.2, 0.25) is 0 Å². The van der Waals surface area contributed by atoms with Crippen LogP contribution in [0.3, 0.4) is 0 Å². The van der Waals surface area contributed by atoms with E-state index < -0.39 is 17.4 Å². The van der Waals surface area contributed by atoms with Gasteiger partial charge in [0.15, 0.2) is 5.69 Å². The molecule has 0 aliphatic rings. The zero-order chi connectivity index (χ0) is 19.5. The Kier molecular flexibility index (Phi) is 5.64. The van der Waals surface area contributed by atoms with Gasteiger partial charge in [-0.3, -0.25) is 4.79 Å². The van der Waals surface area contributed by atoms with Crippen LogP contribution in [0.5, 0.6) is 5.75 Å². The van der Waals surface area contributed by atoms with Crippen molar-refractivity contribution in [1.82, 2.24) is 4.98 Å². The second-order valence-electron chi connectivity index (χ2n) is 6.60. The van der Waals surface area contributed by atoms with Gasteiger partial charge in [-0.05, 0) is 39.8 Å². The molecule has 2 aromatic rings. The number of ether oxygens (including phenoxy) is 3. The van der Waals surface area contributed by atoms with Crippen LogP contribution in [0.4, 0.5) is 0 Å². The van der Waals surface area contributed by atoms with E-state index in [9.17, 15) is 14.8 Å². The Hall–Kier alpha value is -2.90. The molecule has 0 bridgehead atoms. The molecule has 0 saturated heterocycles. The summed E-state index contributed by atoms with van der Waals surface area (Å²) in [7, 11) is 1.16. The molecule has 0 aliphatic heterocycles. The first-order valence-electron chi connectivity index (χ1n) is 8.13. The number of hydrogen-bond donors (Lipinski definition) is 0. The summed E-state index contributed by atoms with van der Waals surface area (Å²) in [5.74, 6) is -0.855. The molecule has 8 nitrogen and oxygen atoms in total. The van der Waals surface area contributed by atoms with Crippen molar-refractivity contribution >= 4 is 23.0 Å². The lowest BCUT2D eigenvalue weighted by Crippen LogP contribution is -2.39. The van der Waals surface area contributed by atoms with E-state index in [0.29, 0.717) is 22.6 Å². The Morgan fingerprint density at radius 2 is 1.96 bits per heavy atom. The van der Waals surface area contributed by atoms with Crippen molar-refractivity contribution in [2.45, 2.75) is 34.3 Å². The fourth-order valence-electron chi connectivity index (χ4n) is 2.20. The van der Waals surface area contributed by atoms with E-state index >= 15 is 0 Å². The highest BCUT2D eigenvalue weighted by Gasteiger charge is 2.30. The minimum absolute atomic E-state index is 0.0288. The molecule has 140 valence electrons. The van der Waals surface area contributed by atoms with Gasteiger partial charge >= 0.3 is 17.6 Å². The van der Waals surface area contributed by atoms with Crippen LogP contribution in [-0.4, -0.2) is 30.6 Å². The van der Waals surface area contributed by atoms with E-state index in [2.05, 4.69) is 9.72 Å². The molecule has 0 atom stereocenters. The van der Waals surface area contributed by atoms with Crippen LogP contribution in [0.1, 0.15) is 43.9 Å². The number of carbonyl (C=O) groups excluding carboxylic acids is 2. The number of hydrogen-bond acceptors (Lipinski definition) is 7. The van der Waals surface area contributed by atoms with Crippen molar-refractivity contribution in [3.05, 3.63) is 34.8 Å². The molecule has 1 aromatic heterocycles. The molecule has 0 saturated carbocycles. The first kappa shape index (κ1) is 19.4. The van der Waals surface area contributed by atoms with Gasteiger partial charge in [0.05, 0.1) is 25.2 Å². The fraction of sp³-hybridized carbons (Fsp3) is 0.444. The van der Waals surface area contributed by atoms with Crippen molar-refractivity contribution in [3.8, 4) is 5.75 Å². The smallest absolute Gasteiger partial charge is 0.406 e. The Balaban J connectivity index is 2.52. The lowest BCUT2D eigenvalue weighted by atomic mass is 9.97. The van der Waals surface area contributed by atoms with E-state index in [1.807, 2.05) is 6.92 Å². The predicted octanol–water partition coefficient (Wildman–Crippen LogP) is 2.14. The molecule has 0 N–H and O–H groups in total. The Bertz CT molecular complexity index is 842. The monoisotopic (exact) mass is 362 g/mol. The summed E-state index contributed by atoms with van der Waals surface area (Å²) in [4.78, 5) is 28.4. The predicted molar refractivity (Wildman–Crippen MR) is 92.5 cm³/mol. The summed E-state index contributed by atoms with van der Waals surface area (Å²) in [5, 5.41) is 12.7. The van der Waals surface area contributed by atoms with Gasteiger partial charge in [0, 0.05) is 0 Å². The van der Waals surface area contributed by atoms with Gasteiger partial charge in [0.2, 0.25) is 5.52 Å². The van der Waals surface area contributed by atoms with Gasteiger partial charge in [-0.25, -0.2) is 9.78 Å². The third-order valence-corrected chi connectivity index (χ3v) is 3.54. The minimum atomic E-state index is -0.863. The maximum atomic E-state index is 12.7. The normalized spacial score (nSPS) is 11.3. The summed E-state index contributed by atoms with van der Waals surface area (Å²) in [6.45, 7) is 7.04. The highest BCUT2D eigenvalue weighted by Crippen LogP contribution is 2.21. The van der Waals surface area contributed by atoms with Gasteiger partial charge in [0.1, 0.15) is 17.9 Å². The third kappa shape index (κ3) is 4.01. The molecular formula is C18H22N2O6. The molecule has 0 aliphatic carbocycles. The maximum Gasteiger partial charge on any atom is 0.406 e. The number of nitrogens with zero attached hydrogens (tertiary/aromatic N) is 2. The van der Waals surface area contributed by atoms with Crippen LogP contribution in [0.15, 0.2) is 18.2 Å². The Morgan fingerprint density at radius 1 is 1.27 bits per heavy atom. The van der Waals surface area contributed by atoms with Crippen molar-refractivity contribution in [2.75, 3.05) is 13.7 Å². The summed E-state index contributed by atoms with van der Waals surface area (Å²) < 4.78 is 15.7. The van der Waals surface area contributed by atoms with E-state index in [4.69, 9.17) is 9.47 Å². The average molecular weight is 362 g/mol. The summed E-state index contributed by atoms with van der Waals surface area (Å²) in [6.07, 6.45) is 0. The zero-order valence-electron chi connectivity index (χ0n) is 15.5. The molecule has 0 spiro atoms. The van der Waals surface area contributed by atoms with Crippen molar-refractivity contribution in [2.24, 2.45) is 5.41 Å². The van der Waals surface area contributed by atoms with Gasteiger partial charge in [-0.2, -0.15) is 4.73 Å². The molecule has 0 amide bonds. The topological polar surface area (TPSA) is 102 Å². The maximum absolute atomic E-state index is 12.7. The van der Waals surface area contributed by atoms with Gasteiger partial charge < -0.3 is 19.4 Å². The summed E-state index contributed by atoms with van der Waals surface area (Å²) in [6, 6.07) is 4.77. The third-order valence-electron chi connectivity index (χ3n) is 3.54. The molecule has 0 unspecified atom stereocenters. The number of carbonyl (C=O) groups is 2. The number of rotatable bonds is 5. The first-order chi connectivity index (χ1) is 12.2. The van der Waals surface area contributed by atoms with Crippen molar-refractivity contribution in [3.63, 3.8) is 0 Å². The molecular weight excluding hydrogens is 340 g/mol. The van der Waals surface area contributed by atoms with Crippen LogP contribution in [0, 0.1) is 10.6 Å². The number of fused-ring (bicyclic) bond motifs is 1. The van der Waals surface area contributed by atoms with E-state index in [0.717, 1.165) is 7.11 Å². The largest absolute Gasteiger partial charge is 0.618 e. The number of methoxy groups -OCH3 is 1. The van der Waals surface area contributed by atoms with E-state index in [1.165, 1.54) is 6.07 Å². The zero-order valence-corrected chi connectivity index (χ0v) is 15.5. The molecule has 0 fully saturated rings. The molecule has 2 rings (SSSR count). The number of esters is 2. The lowest BCUT2D eigenvalue weighted by molar-refractivity contribution is -0.581. The fourth-order valence-corrected chi connectivity index (χ4v) is 2.20. The molecule has 8 heteroatoms. The van der Waals surface area contributed by atoms with Gasteiger partial charge in [0.25, 0.3) is 0 Å². The van der Waals surface area contributed by atoms with Crippen LogP contribution in [-0.2, 0) is 20.9 Å². The van der Waals surface area contributed by atoms with Crippen LogP contribution >= 0.6 is 0 Å². The van der Waals surface area contributed by atoms with Crippen molar-refractivity contribution < 1.29 is 28.5 Å². The van der Waals surface area contributed by atoms with Gasteiger partial charge in [-0.15, -0.1) is 0 Å². The standard InChI is InChI=1S/C18H22N2O6/c1-6-25-11-7-8-12-14(9-11)20(23)15(16(21)24-5)13(19-12)10-26-17(22)18(2,3)4/h7-9H,6,10H2,1-5H3. The highest BCUT2D eigenvalue weighted by atomic mass is 16.5. The lowest BCUT2D eigenvalue weighted by Gasteiger charge is -2.17. The quantitative estimate of drug-likeness (QED) is 0.456. The SMILES string of the molecule is CCOc1ccc2nc(COC(=O)C(C)(C)C)c(C(=O)OC)[n+]([O-])c2c1. The minimum Gasteiger partial charge on any atom is -0.618 e. The summed E-state index contributed by atoms with van der Waals surface area (Å²) in [5.41, 5.74) is -0.515. The summed E-state index contributed by atoms with van der Waals surface area (Å²) >= 11 is 0. The van der Waals surface area contributed by atoms with Crippen molar-refractivity contribution in [1.29, 1.82) is 0 Å². The first-order valence-corrected chi connectivity index (χ1v) is 8.13. The molecule has 1 heterocycles. The number of benzene rings is 1. The van der Waals surface area contributed by atoms with Crippen LogP contribution < -0.4 is 9.47 Å². The number of aromatic nitrogens is 2. The van der Waals surface area contributed by atoms with Crippen LogP contribution in [0.25, 0.3) is 11.0 Å². The second kappa shape index (κ2) is 7.55. The highest BCUT2D eigenvalue weighted by molar-refractivity contribution is 5.88. The Morgan fingerprint density at radius 3 is 2.54 bits per heavy atom. The van der Waals surface area contributed by atoms with E-state index in [1.54, 1.807) is 32.9 Å². The van der Waals surface area contributed by atoms with Gasteiger partial charge in [-0.1, -0.05) is 0 Å².